The molecule has 0 saturated carbocycles. The second-order valence-electron chi connectivity index (χ2n) is 2.76. The smallest absolute Gasteiger partial charge is 0.302 e. The van der Waals surface area contributed by atoms with Crippen molar-refractivity contribution in [3.8, 4) is 0 Å². The highest BCUT2D eigenvalue weighted by Crippen LogP contribution is 2.15. The zero-order chi connectivity index (χ0) is 8.97. The van der Waals surface area contributed by atoms with Crippen molar-refractivity contribution in [1.82, 2.24) is 0 Å². The van der Waals surface area contributed by atoms with E-state index in [9.17, 15) is 4.79 Å². The third kappa shape index (κ3) is 3.22. The maximum Gasteiger partial charge on any atom is 0.302 e. The highest BCUT2D eigenvalue weighted by Gasteiger charge is 2.20. The Kier molecular flexibility index (Phi) is 3.53. The molecular formula is C9H13O3. The van der Waals surface area contributed by atoms with E-state index in [1.54, 1.807) is 0 Å². The maximum atomic E-state index is 10.5. The average Bonchev–Trinajstić information content (AvgIpc) is 2.01. The van der Waals surface area contributed by atoms with Gasteiger partial charge in [-0.15, -0.1) is 0 Å². The number of esters is 1. The summed E-state index contributed by atoms with van der Waals surface area (Å²) in [7, 11) is 0. The fourth-order valence-corrected chi connectivity index (χ4v) is 1.01. The average molecular weight is 169 g/mol. The lowest BCUT2D eigenvalue weighted by atomic mass is 10.1. The van der Waals surface area contributed by atoms with Crippen molar-refractivity contribution in [3.05, 3.63) is 19.3 Å². The van der Waals surface area contributed by atoms with Crippen molar-refractivity contribution in [2.75, 3.05) is 6.61 Å². The molecule has 0 aromatic rings. The highest BCUT2D eigenvalue weighted by molar-refractivity contribution is 5.65. The molecule has 1 saturated heterocycles. The van der Waals surface area contributed by atoms with Crippen molar-refractivity contribution in [2.24, 2.45) is 0 Å². The summed E-state index contributed by atoms with van der Waals surface area (Å²) in [5.74, 6) is -0.269. The first-order valence-electron chi connectivity index (χ1n) is 3.99. The van der Waals surface area contributed by atoms with Gasteiger partial charge in [0, 0.05) is 6.92 Å². The highest BCUT2D eigenvalue weighted by atomic mass is 16.6. The molecule has 12 heavy (non-hydrogen) atoms. The molecule has 0 aliphatic carbocycles. The van der Waals surface area contributed by atoms with E-state index in [1.165, 1.54) is 6.92 Å². The first kappa shape index (κ1) is 9.52. The predicted molar refractivity (Wildman–Crippen MR) is 43.9 cm³/mol. The van der Waals surface area contributed by atoms with Gasteiger partial charge in [0.05, 0.1) is 12.2 Å². The number of carbonyl (C=O) groups excluding carboxylic acids is 1. The molecule has 0 N–H and O–H groups in total. The van der Waals surface area contributed by atoms with Crippen molar-refractivity contribution in [2.45, 2.75) is 26.1 Å². The van der Waals surface area contributed by atoms with Gasteiger partial charge in [-0.25, -0.2) is 0 Å². The van der Waals surface area contributed by atoms with Crippen molar-refractivity contribution in [1.29, 1.82) is 0 Å². The van der Waals surface area contributed by atoms with E-state index in [0.717, 1.165) is 0 Å². The minimum Gasteiger partial charge on any atom is -0.463 e. The van der Waals surface area contributed by atoms with Gasteiger partial charge < -0.3 is 9.47 Å². The Morgan fingerprint density at radius 1 is 1.58 bits per heavy atom. The monoisotopic (exact) mass is 169 g/mol. The second-order valence-corrected chi connectivity index (χ2v) is 2.76. The molecular weight excluding hydrogens is 156 g/mol. The van der Waals surface area contributed by atoms with Gasteiger partial charge in [-0.05, 0) is 26.2 Å². The van der Waals surface area contributed by atoms with E-state index < -0.39 is 0 Å². The number of carbonyl (C=O) groups is 1. The van der Waals surface area contributed by atoms with Gasteiger partial charge in [0.25, 0.3) is 0 Å². The van der Waals surface area contributed by atoms with Crippen molar-refractivity contribution < 1.29 is 14.3 Å². The molecule has 0 amide bonds. The lowest BCUT2D eigenvalue weighted by Gasteiger charge is -2.26. The number of hydrogen-bond acceptors (Lipinski definition) is 3. The van der Waals surface area contributed by atoms with Crippen molar-refractivity contribution in [3.63, 3.8) is 0 Å². The van der Waals surface area contributed by atoms with Crippen LogP contribution in [0.2, 0.25) is 0 Å². The van der Waals surface area contributed by atoms with E-state index in [0.29, 0.717) is 6.61 Å². The summed E-state index contributed by atoms with van der Waals surface area (Å²) in [5.41, 5.74) is 0. The SMILES string of the molecule is CC(=O)OC[C@@H]1[CH][CH][CH][C@@H](C)O1. The van der Waals surface area contributed by atoms with Crippen LogP contribution in [0.15, 0.2) is 0 Å². The molecule has 0 spiro atoms. The van der Waals surface area contributed by atoms with E-state index in [2.05, 4.69) is 0 Å². The summed E-state index contributed by atoms with van der Waals surface area (Å²) < 4.78 is 10.2. The van der Waals surface area contributed by atoms with Gasteiger partial charge in [0.2, 0.25) is 0 Å². The molecule has 0 bridgehead atoms. The van der Waals surface area contributed by atoms with Gasteiger partial charge >= 0.3 is 5.97 Å². The summed E-state index contributed by atoms with van der Waals surface area (Å²) in [6.45, 7) is 3.65. The van der Waals surface area contributed by atoms with E-state index >= 15 is 0 Å². The summed E-state index contributed by atoms with van der Waals surface area (Å²) in [6, 6.07) is 0. The number of rotatable bonds is 2. The van der Waals surface area contributed by atoms with Gasteiger partial charge in [-0.1, -0.05) is 0 Å². The summed E-state index contributed by atoms with van der Waals surface area (Å²) in [4.78, 5) is 10.5. The van der Waals surface area contributed by atoms with E-state index in [-0.39, 0.29) is 18.2 Å². The van der Waals surface area contributed by atoms with E-state index in [1.807, 2.05) is 26.2 Å². The Morgan fingerprint density at radius 2 is 2.33 bits per heavy atom. The molecule has 67 valence electrons. The van der Waals surface area contributed by atoms with Gasteiger partial charge in [-0.3, -0.25) is 4.79 Å². The Balaban J connectivity index is 2.18. The lowest BCUT2D eigenvalue weighted by Crippen LogP contribution is -2.31. The molecule has 3 nitrogen and oxygen atoms in total. The molecule has 1 heterocycles. The van der Waals surface area contributed by atoms with E-state index in [4.69, 9.17) is 9.47 Å². The zero-order valence-corrected chi connectivity index (χ0v) is 7.32. The summed E-state index contributed by atoms with van der Waals surface area (Å²) >= 11 is 0. The maximum absolute atomic E-state index is 10.5. The molecule has 1 fully saturated rings. The van der Waals surface area contributed by atoms with Crippen LogP contribution in [0.1, 0.15) is 13.8 Å². The molecule has 0 aromatic heterocycles. The van der Waals surface area contributed by atoms with Crippen molar-refractivity contribution >= 4 is 5.97 Å². The van der Waals surface area contributed by atoms with Crippen LogP contribution in [0.25, 0.3) is 0 Å². The zero-order valence-electron chi connectivity index (χ0n) is 7.32. The van der Waals surface area contributed by atoms with Crippen LogP contribution < -0.4 is 0 Å². The fourth-order valence-electron chi connectivity index (χ4n) is 1.01. The van der Waals surface area contributed by atoms with Crippen LogP contribution in [-0.2, 0) is 14.3 Å². The molecule has 1 rings (SSSR count). The molecule has 2 atom stereocenters. The second kappa shape index (κ2) is 4.45. The molecule has 0 unspecified atom stereocenters. The first-order chi connectivity index (χ1) is 5.68. The predicted octanol–water partition coefficient (Wildman–Crippen LogP) is 0.950. The third-order valence-corrected chi connectivity index (χ3v) is 1.55. The third-order valence-electron chi connectivity index (χ3n) is 1.55. The van der Waals surface area contributed by atoms with Crippen LogP contribution >= 0.6 is 0 Å². The lowest BCUT2D eigenvalue weighted by molar-refractivity contribution is -0.145. The minimum absolute atomic E-state index is 0.0890. The first-order valence-corrected chi connectivity index (χ1v) is 3.99. The van der Waals surface area contributed by atoms with Crippen LogP contribution in [0.4, 0.5) is 0 Å². The molecule has 0 aromatic carbocycles. The Hall–Kier alpha value is -0.570. The standard InChI is InChI=1S/C9H13O3/c1-7-4-3-5-9(12-7)6-11-8(2)10/h3-5,7,9H,6H2,1-2H3/t7-,9+/m1/s1. The summed E-state index contributed by atoms with van der Waals surface area (Å²) in [6.07, 6.45) is 5.78. The Bertz CT molecular complexity index is 156. The van der Waals surface area contributed by atoms with Gasteiger partial charge in [-0.2, -0.15) is 0 Å². The fraction of sp³-hybridized carbons (Fsp3) is 0.556. The minimum atomic E-state index is -0.269. The van der Waals surface area contributed by atoms with Crippen LogP contribution in [0.3, 0.4) is 0 Å². The topological polar surface area (TPSA) is 35.5 Å². The van der Waals surface area contributed by atoms with Gasteiger partial charge in [0.1, 0.15) is 6.61 Å². The molecule has 1 aliphatic rings. The van der Waals surface area contributed by atoms with Crippen LogP contribution in [0.5, 0.6) is 0 Å². The number of ether oxygens (including phenoxy) is 2. The Morgan fingerprint density at radius 3 is 2.92 bits per heavy atom. The normalized spacial score (nSPS) is 29.8. The summed E-state index contributed by atoms with van der Waals surface area (Å²) in [5, 5.41) is 0. The van der Waals surface area contributed by atoms with Gasteiger partial charge in [0.15, 0.2) is 0 Å². The van der Waals surface area contributed by atoms with Crippen LogP contribution in [0, 0.1) is 19.3 Å². The molecule has 3 heteroatoms. The molecule has 3 radical (unpaired) electrons. The molecule has 1 aliphatic heterocycles. The largest absolute Gasteiger partial charge is 0.463 e. The quantitative estimate of drug-likeness (QED) is 0.577. The number of hydrogen-bond donors (Lipinski definition) is 0. The Labute approximate surface area is 73.0 Å². The van der Waals surface area contributed by atoms with Crippen LogP contribution in [-0.4, -0.2) is 24.8 Å².